The quantitative estimate of drug-likeness (QED) is 0.372. The molecular formula is C16H32O. The van der Waals surface area contributed by atoms with Crippen molar-refractivity contribution >= 4 is 0 Å². The summed E-state index contributed by atoms with van der Waals surface area (Å²) in [5.41, 5.74) is 0. The number of hydrogen-bond donors (Lipinski definition) is 1. The number of aliphatic hydroxyl groups excluding tert-OH is 1. The van der Waals surface area contributed by atoms with E-state index in [0.29, 0.717) is 6.61 Å². The van der Waals surface area contributed by atoms with Crippen molar-refractivity contribution in [3.8, 4) is 0 Å². The zero-order valence-corrected chi connectivity index (χ0v) is 12.0. The van der Waals surface area contributed by atoms with Gasteiger partial charge in [0.15, 0.2) is 0 Å². The number of allylic oxidation sites excluding steroid dienone is 2. The summed E-state index contributed by atoms with van der Waals surface area (Å²) in [5, 5.41) is 8.65. The first-order valence-electron chi connectivity index (χ1n) is 7.58. The van der Waals surface area contributed by atoms with Gasteiger partial charge in [-0.3, -0.25) is 0 Å². The van der Waals surface area contributed by atoms with Crippen LogP contribution in [-0.2, 0) is 0 Å². The van der Waals surface area contributed by atoms with Crippen LogP contribution >= 0.6 is 0 Å². The Morgan fingerprint density at radius 2 is 1.59 bits per heavy atom. The van der Waals surface area contributed by atoms with Crippen LogP contribution in [0.5, 0.6) is 0 Å². The monoisotopic (exact) mass is 240 g/mol. The van der Waals surface area contributed by atoms with E-state index in [2.05, 4.69) is 26.0 Å². The zero-order chi connectivity index (χ0) is 12.8. The summed E-state index contributed by atoms with van der Waals surface area (Å²) in [5.74, 6) is 0.754. The van der Waals surface area contributed by atoms with Gasteiger partial charge >= 0.3 is 0 Å². The van der Waals surface area contributed by atoms with Crippen molar-refractivity contribution < 1.29 is 5.11 Å². The second kappa shape index (κ2) is 13.8. The Kier molecular flexibility index (Phi) is 13.5. The fraction of sp³-hybridized carbons (Fsp3) is 0.875. The van der Waals surface area contributed by atoms with Crippen LogP contribution in [0.15, 0.2) is 12.2 Å². The Bertz CT molecular complexity index is 163. The average Bonchev–Trinajstić information content (AvgIpc) is 2.33. The molecule has 0 radical (unpaired) electrons. The highest BCUT2D eigenvalue weighted by molar-refractivity contribution is 4.86. The summed E-state index contributed by atoms with van der Waals surface area (Å²) in [4.78, 5) is 0. The Labute approximate surface area is 108 Å². The van der Waals surface area contributed by atoms with Gasteiger partial charge in [0.1, 0.15) is 0 Å². The smallest absolute Gasteiger partial charge is 0.0431 e. The van der Waals surface area contributed by atoms with Gasteiger partial charge < -0.3 is 5.11 Å². The van der Waals surface area contributed by atoms with Crippen LogP contribution in [0, 0.1) is 5.92 Å². The summed E-state index contributed by atoms with van der Waals surface area (Å²) in [7, 11) is 0. The molecule has 0 saturated heterocycles. The minimum absolute atomic E-state index is 0.361. The van der Waals surface area contributed by atoms with E-state index in [0.717, 1.165) is 12.3 Å². The molecule has 0 fully saturated rings. The minimum atomic E-state index is 0.361. The molecule has 0 spiro atoms. The molecule has 0 aromatic heterocycles. The SMILES string of the molecule is CCCC/C=C\C(C)CCCCCCCCO. The summed E-state index contributed by atoms with van der Waals surface area (Å²) >= 11 is 0. The molecule has 1 unspecified atom stereocenters. The van der Waals surface area contributed by atoms with Crippen molar-refractivity contribution in [2.75, 3.05) is 6.61 Å². The molecule has 0 aliphatic carbocycles. The number of rotatable bonds is 12. The van der Waals surface area contributed by atoms with Crippen molar-refractivity contribution in [1.29, 1.82) is 0 Å². The van der Waals surface area contributed by atoms with Crippen molar-refractivity contribution in [1.82, 2.24) is 0 Å². The van der Waals surface area contributed by atoms with Gasteiger partial charge in [0.2, 0.25) is 0 Å². The average molecular weight is 240 g/mol. The van der Waals surface area contributed by atoms with Crippen LogP contribution < -0.4 is 0 Å². The lowest BCUT2D eigenvalue weighted by atomic mass is 10.0. The van der Waals surface area contributed by atoms with E-state index in [4.69, 9.17) is 5.11 Å². The highest BCUT2D eigenvalue weighted by atomic mass is 16.2. The second-order valence-electron chi connectivity index (χ2n) is 5.18. The van der Waals surface area contributed by atoms with Crippen LogP contribution in [0.3, 0.4) is 0 Å². The largest absolute Gasteiger partial charge is 0.396 e. The Balaban J connectivity index is 3.21. The molecule has 0 bridgehead atoms. The fourth-order valence-electron chi connectivity index (χ4n) is 2.03. The first-order valence-corrected chi connectivity index (χ1v) is 7.58. The van der Waals surface area contributed by atoms with Crippen molar-refractivity contribution in [2.45, 2.75) is 78.1 Å². The van der Waals surface area contributed by atoms with Crippen LogP contribution in [-0.4, -0.2) is 11.7 Å². The summed E-state index contributed by atoms with van der Waals surface area (Å²) in [6.45, 7) is 4.93. The zero-order valence-electron chi connectivity index (χ0n) is 12.0. The van der Waals surface area contributed by atoms with Gasteiger partial charge in [-0.05, 0) is 25.2 Å². The standard InChI is InChI=1S/C16H32O/c1-3-4-5-10-13-16(2)14-11-8-6-7-9-12-15-17/h10,13,16-17H,3-9,11-12,14-15H2,1-2H3/b13-10-. The summed E-state index contributed by atoms with van der Waals surface area (Å²) in [6, 6.07) is 0. The molecule has 0 rings (SSSR count). The molecule has 1 nitrogen and oxygen atoms in total. The molecule has 17 heavy (non-hydrogen) atoms. The van der Waals surface area contributed by atoms with Crippen LogP contribution in [0.2, 0.25) is 0 Å². The number of aliphatic hydroxyl groups is 1. The number of hydrogen-bond acceptors (Lipinski definition) is 1. The Morgan fingerprint density at radius 1 is 0.941 bits per heavy atom. The lowest BCUT2D eigenvalue weighted by Gasteiger charge is -2.06. The van der Waals surface area contributed by atoms with Gasteiger partial charge in [0, 0.05) is 6.61 Å². The molecule has 0 amide bonds. The van der Waals surface area contributed by atoms with Crippen molar-refractivity contribution in [3.05, 3.63) is 12.2 Å². The third-order valence-corrected chi connectivity index (χ3v) is 3.26. The van der Waals surface area contributed by atoms with Gasteiger partial charge in [-0.2, -0.15) is 0 Å². The van der Waals surface area contributed by atoms with Gasteiger partial charge in [0.05, 0.1) is 0 Å². The maximum Gasteiger partial charge on any atom is 0.0431 e. The van der Waals surface area contributed by atoms with Gasteiger partial charge in [-0.15, -0.1) is 0 Å². The molecule has 102 valence electrons. The van der Waals surface area contributed by atoms with Gasteiger partial charge in [0.25, 0.3) is 0 Å². The van der Waals surface area contributed by atoms with E-state index >= 15 is 0 Å². The van der Waals surface area contributed by atoms with Crippen molar-refractivity contribution in [2.24, 2.45) is 5.92 Å². The first kappa shape index (κ1) is 16.7. The van der Waals surface area contributed by atoms with E-state index < -0.39 is 0 Å². The Morgan fingerprint density at radius 3 is 2.24 bits per heavy atom. The normalized spacial score (nSPS) is 13.4. The van der Waals surface area contributed by atoms with Crippen LogP contribution in [0.4, 0.5) is 0 Å². The number of unbranched alkanes of at least 4 members (excludes halogenated alkanes) is 7. The van der Waals surface area contributed by atoms with Crippen LogP contribution in [0.1, 0.15) is 78.1 Å². The fourth-order valence-corrected chi connectivity index (χ4v) is 2.03. The van der Waals surface area contributed by atoms with E-state index in [9.17, 15) is 0 Å². The van der Waals surface area contributed by atoms with Crippen LogP contribution in [0.25, 0.3) is 0 Å². The molecule has 1 N–H and O–H groups in total. The molecule has 0 saturated carbocycles. The molecule has 0 aliphatic rings. The third kappa shape index (κ3) is 13.6. The predicted molar refractivity (Wildman–Crippen MR) is 77.2 cm³/mol. The summed E-state index contributed by atoms with van der Waals surface area (Å²) < 4.78 is 0. The van der Waals surface area contributed by atoms with Crippen molar-refractivity contribution in [3.63, 3.8) is 0 Å². The molecule has 1 heteroatoms. The molecule has 0 aromatic rings. The van der Waals surface area contributed by atoms with Gasteiger partial charge in [-0.1, -0.05) is 70.9 Å². The molecule has 0 heterocycles. The molecule has 0 aliphatic heterocycles. The molecule has 1 atom stereocenters. The van der Waals surface area contributed by atoms with E-state index in [-0.39, 0.29) is 0 Å². The molecular weight excluding hydrogens is 208 g/mol. The molecule has 0 aromatic carbocycles. The lowest BCUT2D eigenvalue weighted by Crippen LogP contribution is -1.90. The lowest BCUT2D eigenvalue weighted by molar-refractivity contribution is 0.282. The summed E-state index contributed by atoms with van der Waals surface area (Å²) in [6.07, 6.45) is 17.5. The topological polar surface area (TPSA) is 20.2 Å². The maximum atomic E-state index is 8.65. The van der Waals surface area contributed by atoms with E-state index in [1.165, 1.54) is 57.8 Å². The van der Waals surface area contributed by atoms with Gasteiger partial charge in [-0.25, -0.2) is 0 Å². The predicted octanol–water partition coefficient (Wildman–Crippen LogP) is 5.09. The van der Waals surface area contributed by atoms with E-state index in [1.807, 2.05) is 0 Å². The minimum Gasteiger partial charge on any atom is -0.396 e. The first-order chi connectivity index (χ1) is 8.31. The Hall–Kier alpha value is -0.300. The maximum absolute atomic E-state index is 8.65. The van der Waals surface area contributed by atoms with E-state index in [1.54, 1.807) is 0 Å². The second-order valence-corrected chi connectivity index (χ2v) is 5.18. The highest BCUT2D eigenvalue weighted by Crippen LogP contribution is 2.13. The third-order valence-electron chi connectivity index (χ3n) is 3.26. The highest BCUT2D eigenvalue weighted by Gasteiger charge is 1.97.